The lowest BCUT2D eigenvalue weighted by Crippen LogP contribution is -2.21. The number of fused-ring (bicyclic) bond motifs is 1. The number of anilines is 1. The van der Waals surface area contributed by atoms with Crippen LogP contribution in [0.25, 0.3) is 0 Å². The summed E-state index contributed by atoms with van der Waals surface area (Å²) in [5.41, 5.74) is -0.0772. The van der Waals surface area contributed by atoms with E-state index >= 15 is 0 Å². The maximum Gasteiger partial charge on any atom is 0.340 e. The van der Waals surface area contributed by atoms with Gasteiger partial charge < -0.3 is 19.5 Å². The summed E-state index contributed by atoms with van der Waals surface area (Å²) in [6.45, 7) is -0.486. The largest absolute Gasteiger partial charge is 0.454 e. The highest BCUT2D eigenvalue weighted by molar-refractivity contribution is 6.33. The Labute approximate surface area is 151 Å². The lowest BCUT2D eigenvalue weighted by atomic mass is 10.2. The number of hydrogen-bond acceptors (Lipinski definition) is 7. The second kappa shape index (κ2) is 7.28. The SMILES string of the molecule is O=C(COC(=O)c1cc([N+](=O)[O-])ccc1Cl)Nc1ccc2c(c1)OCO2. The van der Waals surface area contributed by atoms with Gasteiger partial charge in [0.25, 0.3) is 11.6 Å². The fourth-order valence-electron chi connectivity index (χ4n) is 2.16. The number of nitrogens with one attached hydrogen (secondary N) is 1. The van der Waals surface area contributed by atoms with Gasteiger partial charge in [-0.1, -0.05) is 11.6 Å². The fourth-order valence-corrected chi connectivity index (χ4v) is 2.36. The number of hydrogen-bond donors (Lipinski definition) is 1. The Morgan fingerprint density at radius 2 is 1.96 bits per heavy atom. The molecule has 0 unspecified atom stereocenters. The topological polar surface area (TPSA) is 117 Å². The summed E-state index contributed by atoms with van der Waals surface area (Å²) in [7, 11) is 0. The van der Waals surface area contributed by atoms with E-state index < -0.39 is 23.4 Å². The zero-order chi connectivity index (χ0) is 18.7. The molecule has 0 saturated heterocycles. The first kappa shape index (κ1) is 17.5. The molecule has 0 atom stereocenters. The van der Waals surface area contributed by atoms with Gasteiger partial charge in [-0.2, -0.15) is 0 Å². The molecule has 2 aromatic rings. The van der Waals surface area contributed by atoms with Gasteiger partial charge in [-0.05, 0) is 18.2 Å². The average molecular weight is 379 g/mol. The Bertz CT molecular complexity index is 900. The third kappa shape index (κ3) is 3.83. The molecule has 0 bridgehead atoms. The van der Waals surface area contributed by atoms with Crippen LogP contribution in [0.2, 0.25) is 5.02 Å². The van der Waals surface area contributed by atoms with E-state index in [9.17, 15) is 19.7 Å². The number of amides is 1. The first-order valence-corrected chi connectivity index (χ1v) is 7.62. The number of benzene rings is 2. The summed E-state index contributed by atoms with van der Waals surface area (Å²) < 4.78 is 15.2. The minimum Gasteiger partial charge on any atom is -0.454 e. The van der Waals surface area contributed by atoms with Crippen molar-refractivity contribution in [1.29, 1.82) is 0 Å². The van der Waals surface area contributed by atoms with Gasteiger partial charge in [-0.25, -0.2) is 4.79 Å². The lowest BCUT2D eigenvalue weighted by molar-refractivity contribution is -0.384. The molecule has 0 saturated carbocycles. The predicted octanol–water partition coefficient (Wildman–Crippen LogP) is 2.77. The van der Waals surface area contributed by atoms with E-state index in [0.29, 0.717) is 17.2 Å². The molecule has 0 aliphatic carbocycles. The number of carbonyl (C=O) groups excluding carboxylic acids is 2. The molecule has 1 N–H and O–H groups in total. The van der Waals surface area contributed by atoms with Crippen molar-refractivity contribution >= 4 is 34.9 Å². The molecule has 0 radical (unpaired) electrons. The van der Waals surface area contributed by atoms with Crippen LogP contribution in [-0.2, 0) is 9.53 Å². The third-order valence-corrected chi connectivity index (χ3v) is 3.70. The quantitative estimate of drug-likeness (QED) is 0.483. The molecule has 0 spiro atoms. The van der Waals surface area contributed by atoms with E-state index in [1.807, 2.05) is 0 Å². The number of non-ortho nitro benzene ring substituents is 1. The van der Waals surface area contributed by atoms with Crippen molar-refractivity contribution in [2.75, 3.05) is 18.7 Å². The Morgan fingerprint density at radius 3 is 2.73 bits per heavy atom. The zero-order valence-corrected chi connectivity index (χ0v) is 13.8. The highest BCUT2D eigenvalue weighted by Gasteiger charge is 2.19. The molecular weight excluding hydrogens is 368 g/mol. The van der Waals surface area contributed by atoms with Crippen molar-refractivity contribution in [1.82, 2.24) is 0 Å². The molecule has 1 aliphatic heterocycles. The van der Waals surface area contributed by atoms with Crippen LogP contribution in [0.5, 0.6) is 11.5 Å². The number of nitrogens with zero attached hydrogens (tertiary/aromatic N) is 1. The molecule has 9 nitrogen and oxygen atoms in total. The first-order chi connectivity index (χ1) is 12.4. The summed E-state index contributed by atoms with van der Waals surface area (Å²) in [5.74, 6) is -0.490. The van der Waals surface area contributed by atoms with Gasteiger partial charge in [0, 0.05) is 23.9 Å². The smallest absolute Gasteiger partial charge is 0.340 e. The molecule has 1 heterocycles. The van der Waals surface area contributed by atoms with Gasteiger partial charge >= 0.3 is 5.97 Å². The fraction of sp³-hybridized carbons (Fsp3) is 0.125. The molecule has 0 fully saturated rings. The molecule has 2 aromatic carbocycles. The minimum atomic E-state index is -0.945. The molecular formula is C16H11ClN2O7. The highest BCUT2D eigenvalue weighted by Crippen LogP contribution is 2.34. The van der Waals surface area contributed by atoms with Gasteiger partial charge in [0.15, 0.2) is 18.1 Å². The van der Waals surface area contributed by atoms with Crippen LogP contribution in [0, 0.1) is 10.1 Å². The molecule has 134 valence electrons. The van der Waals surface area contributed by atoms with E-state index in [2.05, 4.69) is 5.32 Å². The molecule has 10 heteroatoms. The molecule has 0 aromatic heterocycles. The molecule has 26 heavy (non-hydrogen) atoms. The van der Waals surface area contributed by atoms with Crippen molar-refractivity contribution in [2.45, 2.75) is 0 Å². The summed E-state index contributed by atoms with van der Waals surface area (Å²) in [6, 6.07) is 8.16. The van der Waals surface area contributed by atoms with Crippen LogP contribution in [0.4, 0.5) is 11.4 Å². The number of rotatable bonds is 5. The van der Waals surface area contributed by atoms with Crippen LogP contribution >= 0.6 is 11.6 Å². The number of nitro benzene ring substituents is 1. The number of halogens is 1. The van der Waals surface area contributed by atoms with Crippen molar-refractivity contribution < 1.29 is 28.7 Å². The zero-order valence-electron chi connectivity index (χ0n) is 13.1. The van der Waals surface area contributed by atoms with Crippen molar-refractivity contribution in [3.05, 3.63) is 57.1 Å². The summed E-state index contributed by atoms with van der Waals surface area (Å²) >= 11 is 5.85. The van der Waals surface area contributed by atoms with Crippen molar-refractivity contribution in [3.63, 3.8) is 0 Å². The van der Waals surface area contributed by atoms with Gasteiger partial charge in [-0.3, -0.25) is 14.9 Å². The number of ether oxygens (including phenoxy) is 3. The number of nitro groups is 1. The molecule has 3 rings (SSSR count). The van der Waals surface area contributed by atoms with E-state index in [-0.39, 0.29) is 23.1 Å². The summed E-state index contributed by atoms with van der Waals surface area (Å²) in [5, 5.41) is 13.3. The van der Waals surface area contributed by atoms with Crippen LogP contribution in [-0.4, -0.2) is 30.2 Å². The predicted molar refractivity (Wildman–Crippen MR) is 89.6 cm³/mol. The normalized spacial score (nSPS) is 11.7. The van der Waals surface area contributed by atoms with Gasteiger partial charge in [-0.15, -0.1) is 0 Å². The average Bonchev–Trinajstić information content (AvgIpc) is 3.07. The molecule has 1 amide bonds. The first-order valence-electron chi connectivity index (χ1n) is 7.24. The lowest BCUT2D eigenvalue weighted by Gasteiger charge is -2.08. The number of esters is 1. The monoisotopic (exact) mass is 378 g/mol. The van der Waals surface area contributed by atoms with E-state index in [1.54, 1.807) is 18.2 Å². The van der Waals surface area contributed by atoms with Crippen LogP contribution < -0.4 is 14.8 Å². The summed E-state index contributed by atoms with van der Waals surface area (Å²) in [4.78, 5) is 34.0. The second-order valence-electron chi connectivity index (χ2n) is 5.11. The highest BCUT2D eigenvalue weighted by atomic mass is 35.5. The summed E-state index contributed by atoms with van der Waals surface area (Å²) in [6.07, 6.45) is 0. The minimum absolute atomic E-state index is 0.0169. The molecule has 1 aliphatic rings. The van der Waals surface area contributed by atoms with Crippen LogP contribution in [0.15, 0.2) is 36.4 Å². The van der Waals surface area contributed by atoms with Crippen LogP contribution in [0.1, 0.15) is 10.4 Å². The van der Waals surface area contributed by atoms with Crippen molar-refractivity contribution in [3.8, 4) is 11.5 Å². The number of carbonyl (C=O) groups is 2. The Hall–Kier alpha value is -3.33. The third-order valence-electron chi connectivity index (χ3n) is 3.37. The Balaban J connectivity index is 1.60. The van der Waals surface area contributed by atoms with E-state index in [0.717, 1.165) is 12.1 Å². The standard InChI is InChI=1S/C16H11ClN2O7/c17-12-3-2-10(19(22)23)6-11(12)16(21)24-7-15(20)18-9-1-4-13-14(5-9)26-8-25-13/h1-6H,7-8H2,(H,18,20). The van der Waals surface area contributed by atoms with Gasteiger partial charge in [0.1, 0.15) is 0 Å². The van der Waals surface area contributed by atoms with Gasteiger partial charge in [0.2, 0.25) is 6.79 Å². The maximum absolute atomic E-state index is 12.0. The van der Waals surface area contributed by atoms with E-state index in [4.69, 9.17) is 25.8 Å². The second-order valence-corrected chi connectivity index (χ2v) is 5.52. The van der Waals surface area contributed by atoms with Crippen molar-refractivity contribution in [2.24, 2.45) is 0 Å². The Morgan fingerprint density at radius 1 is 1.19 bits per heavy atom. The Kier molecular flexibility index (Phi) is 4.90. The maximum atomic E-state index is 12.0. The van der Waals surface area contributed by atoms with Crippen LogP contribution in [0.3, 0.4) is 0 Å². The van der Waals surface area contributed by atoms with Gasteiger partial charge in [0.05, 0.1) is 15.5 Å². The van der Waals surface area contributed by atoms with E-state index in [1.165, 1.54) is 6.07 Å².